The highest BCUT2D eigenvalue weighted by Crippen LogP contribution is 2.29. The summed E-state index contributed by atoms with van der Waals surface area (Å²) in [6.45, 7) is 6.69. The van der Waals surface area contributed by atoms with E-state index in [1.807, 2.05) is 63.2 Å². The van der Waals surface area contributed by atoms with Gasteiger partial charge in [0.2, 0.25) is 0 Å². The van der Waals surface area contributed by atoms with Crippen molar-refractivity contribution in [2.24, 2.45) is 0 Å². The maximum atomic E-state index is 12.7. The lowest BCUT2D eigenvalue weighted by Gasteiger charge is -2.11. The van der Waals surface area contributed by atoms with Crippen LogP contribution in [-0.2, 0) is 0 Å². The van der Waals surface area contributed by atoms with Gasteiger partial charge in [0.25, 0.3) is 5.91 Å². The van der Waals surface area contributed by atoms with Crippen molar-refractivity contribution in [2.45, 2.75) is 27.2 Å². The lowest BCUT2D eigenvalue weighted by molar-refractivity contribution is 0.0946. The van der Waals surface area contributed by atoms with E-state index in [2.05, 4.69) is 5.32 Å². The summed E-state index contributed by atoms with van der Waals surface area (Å²) in [5.74, 6) is -0.140. The number of hydrogen-bond donors (Lipinski definition) is 1. The summed E-state index contributed by atoms with van der Waals surface area (Å²) < 4.78 is 1.71. The second kappa shape index (κ2) is 7.75. The van der Waals surface area contributed by atoms with Crippen molar-refractivity contribution in [3.63, 3.8) is 0 Å². The van der Waals surface area contributed by atoms with Crippen molar-refractivity contribution in [3.8, 4) is 16.9 Å². The zero-order chi connectivity index (χ0) is 18.7. The van der Waals surface area contributed by atoms with E-state index < -0.39 is 0 Å². The fourth-order valence-corrected chi connectivity index (χ4v) is 3.04. The first-order chi connectivity index (χ1) is 12.5. The highest BCUT2D eigenvalue weighted by molar-refractivity contribution is 6.33. The van der Waals surface area contributed by atoms with E-state index in [1.165, 1.54) is 0 Å². The Hall–Kier alpha value is -2.59. The summed E-state index contributed by atoms with van der Waals surface area (Å²) in [5, 5.41) is 8.26. The molecule has 1 heterocycles. The molecule has 0 saturated heterocycles. The van der Waals surface area contributed by atoms with Crippen LogP contribution in [0, 0.1) is 13.8 Å². The van der Waals surface area contributed by atoms with Gasteiger partial charge < -0.3 is 5.32 Å². The van der Waals surface area contributed by atoms with Crippen molar-refractivity contribution in [2.75, 3.05) is 6.54 Å². The van der Waals surface area contributed by atoms with E-state index in [9.17, 15) is 4.79 Å². The van der Waals surface area contributed by atoms with Crippen LogP contribution in [0.15, 0.2) is 48.5 Å². The molecule has 2 aromatic carbocycles. The van der Waals surface area contributed by atoms with Crippen molar-refractivity contribution >= 4 is 17.5 Å². The van der Waals surface area contributed by atoms with E-state index >= 15 is 0 Å². The number of hydrogen-bond acceptors (Lipinski definition) is 2. The lowest BCUT2D eigenvalue weighted by Crippen LogP contribution is -2.26. The molecule has 0 fully saturated rings. The van der Waals surface area contributed by atoms with Gasteiger partial charge in [-0.05, 0) is 49.6 Å². The van der Waals surface area contributed by atoms with Crippen LogP contribution in [0.3, 0.4) is 0 Å². The summed E-state index contributed by atoms with van der Waals surface area (Å²) >= 11 is 6.34. The quantitative estimate of drug-likeness (QED) is 0.693. The SMILES string of the molecule is CCCNC(=O)c1cc(-c2ccccc2Cl)nn1-c1cc(C)ccc1C. The van der Waals surface area contributed by atoms with Crippen molar-refractivity contribution < 1.29 is 4.79 Å². The topological polar surface area (TPSA) is 46.9 Å². The number of carbonyl (C=O) groups excluding carboxylic acids is 1. The molecule has 3 aromatic rings. The summed E-state index contributed by atoms with van der Waals surface area (Å²) in [6.07, 6.45) is 0.876. The molecule has 1 amide bonds. The van der Waals surface area contributed by atoms with Gasteiger partial charge in [-0.3, -0.25) is 4.79 Å². The van der Waals surface area contributed by atoms with Crippen LogP contribution in [0.5, 0.6) is 0 Å². The molecule has 134 valence electrons. The van der Waals surface area contributed by atoms with E-state index in [-0.39, 0.29) is 5.91 Å². The lowest BCUT2D eigenvalue weighted by atomic mass is 10.1. The van der Waals surface area contributed by atoms with Crippen LogP contribution >= 0.6 is 11.6 Å². The average Bonchev–Trinajstić information content (AvgIpc) is 3.07. The zero-order valence-electron chi connectivity index (χ0n) is 15.2. The van der Waals surface area contributed by atoms with Gasteiger partial charge in [-0.25, -0.2) is 4.68 Å². The number of aromatic nitrogens is 2. The van der Waals surface area contributed by atoms with Gasteiger partial charge in [0.1, 0.15) is 5.69 Å². The van der Waals surface area contributed by atoms with Crippen molar-refractivity contribution in [1.82, 2.24) is 15.1 Å². The summed E-state index contributed by atoms with van der Waals surface area (Å²) in [4.78, 5) is 12.7. The number of aryl methyl sites for hydroxylation is 2. The molecule has 0 radical (unpaired) electrons. The molecule has 0 aliphatic rings. The van der Waals surface area contributed by atoms with Gasteiger partial charge in [-0.15, -0.1) is 0 Å². The van der Waals surface area contributed by atoms with Gasteiger partial charge >= 0.3 is 0 Å². The first-order valence-electron chi connectivity index (χ1n) is 8.72. The fourth-order valence-electron chi connectivity index (χ4n) is 2.80. The molecule has 0 aliphatic heterocycles. The molecule has 0 saturated carbocycles. The predicted octanol–water partition coefficient (Wildman–Crippen LogP) is 4.95. The molecule has 0 atom stereocenters. The Bertz CT molecular complexity index is 946. The standard InChI is InChI=1S/C21H22ClN3O/c1-4-11-23-21(26)20-13-18(16-7-5-6-8-17(16)22)24-25(20)19-12-14(2)9-10-15(19)3/h5-10,12-13H,4,11H2,1-3H3,(H,23,26). The Labute approximate surface area is 158 Å². The number of nitrogens with zero attached hydrogens (tertiary/aromatic N) is 2. The Morgan fingerprint density at radius 2 is 1.92 bits per heavy atom. The van der Waals surface area contributed by atoms with Gasteiger partial charge in [0.05, 0.1) is 16.4 Å². The molecule has 5 heteroatoms. The Balaban J connectivity index is 2.16. The Kier molecular flexibility index (Phi) is 5.43. The summed E-state index contributed by atoms with van der Waals surface area (Å²) in [7, 11) is 0. The first-order valence-corrected chi connectivity index (χ1v) is 9.10. The monoisotopic (exact) mass is 367 g/mol. The van der Waals surface area contributed by atoms with Crippen molar-refractivity contribution in [1.29, 1.82) is 0 Å². The van der Waals surface area contributed by atoms with Crippen LogP contribution in [0.4, 0.5) is 0 Å². The third-order valence-corrected chi connectivity index (χ3v) is 4.55. The van der Waals surface area contributed by atoms with Gasteiger partial charge in [0.15, 0.2) is 0 Å². The Morgan fingerprint density at radius 3 is 2.65 bits per heavy atom. The number of halogens is 1. The number of nitrogens with one attached hydrogen (secondary N) is 1. The van der Waals surface area contributed by atoms with Gasteiger partial charge in [-0.2, -0.15) is 5.10 Å². The molecule has 0 aliphatic carbocycles. The van der Waals surface area contributed by atoms with Crippen LogP contribution in [0.25, 0.3) is 16.9 Å². The molecule has 1 aromatic heterocycles. The minimum Gasteiger partial charge on any atom is -0.351 e. The normalized spacial score (nSPS) is 10.8. The minimum absolute atomic E-state index is 0.140. The van der Waals surface area contributed by atoms with Gasteiger partial charge in [0, 0.05) is 12.1 Å². The molecule has 0 bridgehead atoms. The Morgan fingerprint density at radius 1 is 1.15 bits per heavy atom. The zero-order valence-corrected chi connectivity index (χ0v) is 16.0. The highest BCUT2D eigenvalue weighted by Gasteiger charge is 2.19. The molecule has 3 rings (SSSR count). The van der Waals surface area contributed by atoms with Gasteiger partial charge in [-0.1, -0.05) is 48.9 Å². The molecule has 1 N–H and O–H groups in total. The van der Waals surface area contributed by atoms with E-state index in [4.69, 9.17) is 16.7 Å². The second-order valence-electron chi connectivity index (χ2n) is 6.35. The molecule has 0 unspecified atom stereocenters. The number of rotatable bonds is 5. The summed E-state index contributed by atoms with van der Waals surface area (Å²) in [5.41, 5.74) is 5.04. The second-order valence-corrected chi connectivity index (χ2v) is 6.76. The third-order valence-electron chi connectivity index (χ3n) is 4.22. The van der Waals surface area contributed by atoms with E-state index in [0.717, 1.165) is 28.8 Å². The smallest absolute Gasteiger partial charge is 0.270 e. The molecular weight excluding hydrogens is 346 g/mol. The average molecular weight is 368 g/mol. The third kappa shape index (κ3) is 3.65. The van der Waals surface area contributed by atoms with Crippen LogP contribution in [-0.4, -0.2) is 22.2 Å². The highest BCUT2D eigenvalue weighted by atomic mass is 35.5. The summed E-state index contributed by atoms with van der Waals surface area (Å²) in [6, 6.07) is 15.4. The first kappa shape index (κ1) is 18.2. The number of carbonyl (C=O) groups is 1. The van der Waals surface area contributed by atoms with Crippen LogP contribution in [0.2, 0.25) is 5.02 Å². The molecule has 26 heavy (non-hydrogen) atoms. The maximum Gasteiger partial charge on any atom is 0.270 e. The molecule has 0 spiro atoms. The number of amides is 1. The maximum absolute atomic E-state index is 12.7. The molecule has 4 nitrogen and oxygen atoms in total. The van der Waals surface area contributed by atoms with E-state index in [1.54, 1.807) is 10.7 Å². The van der Waals surface area contributed by atoms with Crippen LogP contribution in [0.1, 0.15) is 35.0 Å². The number of benzene rings is 2. The molecular formula is C21H22ClN3O. The van der Waals surface area contributed by atoms with Crippen molar-refractivity contribution in [3.05, 3.63) is 70.4 Å². The fraction of sp³-hybridized carbons (Fsp3) is 0.238. The van der Waals surface area contributed by atoms with Crippen LogP contribution < -0.4 is 5.32 Å². The minimum atomic E-state index is -0.140. The van der Waals surface area contributed by atoms with E-state index in [0.29, 0.717) is 23.0 Å². The largest absolute Gasteiger partial charge is 0.351 e. The predicted molar refractivity (Wildman–Crippen MR) is 106 cm³/mol.